The van der Waals surface area contributed by atoms with E-state index in [2.05, 4.69) is 20.8 Å². The van der Waals surface area contributed by atoms with Gasteiger partial charge < -0.3 is 0 Å². The molecule has 0 heterocycles. The van der Waals surface area contributed by atoms with Crippen molar-refractivity contribution in [3.8, 4) is 0 Å². The Morgan fingerprint density at radius 2 is 2.17 bits per heavy atom. The molecule has 0 saturated heterocycles. The SMILES string of the molecule is O=C(/C=C/c1cccc(Br)c1)NOCC(F)(F)F. The molecular formula is C11H9BrF3NO2. The van der Waals surface area contributed by atoms with E-state index in [1.54, 1.807) is 23.7 Å². The number of hydrogen-bond acceptors (Lipinski definition) is 2. The zero-order valence-corrected chi connectivity index (χ0v) is 10.6. The fraction of sp³-hybridized carbons (Fsp3) is 0.182. The first-order valence-corrected chi connectivity index (χ1v) is 5.58. The minimum Gasteiger partial charge on any atom is -0.268 e. The summed E-state index contributed by atoms with van der Waals surface area (Å²) in [6.07, 6.45) is -1.93. The molecule has 18 heavy (non-hydrogen) atoms. The number of carbonyl (C=O) groups is 1. The van der Waals surface area contributed by atoms with Crippen LogP contribution in [-0.4, -0.2) is 18.7 Å². The summed E-state index contributed by atoms with van der Waals surface area (Å²) in [4.78, 5) is 15.1. The normalized spacial score (nSPS) is 11.8. The standard InChI is InChI=1S/C11H9BrF3NO2/c12-9-3-1-2-8(6-9)4-5-10(17)16-18-7-11(13,14)15/h1-6H,7H2,(H,16,17)/b5-4+. The van der Waals surface area contributed by atoms with Crippen molar-refractivity contribution in [1.82, 2.24) is 5.48 Å². The first-order chi connectivity index (χ1) is 8.37. The third-order valence-electron chi connectivity index (χ3n) is 1.68. The largest absolute Gasteiger partial charge is 0.414 e. The van der Waals surface area contributed by atoms with Gasteiger partial charge in [-0.3, -0.25) is 9.63 Å². The fourth-order valence-electron chi connectivity index (χ4n) is 1.01. The molecule has 0 aliphatic carbocycles. The molecule has 1 rings (SSSR count). The summed E-state index contributed by atoms with van der Waals surface area (Å²) < 4.78 is 35.9. The Balaban J connectivity index is 2.40. The Hall–Kier alpha value is -1.34. The van der Waals surface area contributed by atoms with Gasteiger partial charge in [0.1, 0.15) is 0 Å². The minimum absolute atomic E-state index is 0.732. The molecule has 1 aromatic carbocycles. The van der Waals surface area contributed by atoms with Crippen molar-refractivity contribution in [3.05, 3.63) is 40.4 Å². The van der Waals surface area contributed by atoms with E-state index < -0.39 is 18.7 Å². The average molecular weight is 324 g/mol. The highest BCUT2D eigenvalue weighted by molar-refractivity contribution is 9.10. The number of hydrogen-bond donors (Lipinski definition) is 1. The summed E-state index contributed by atoms with van der Waals surface area (Å²) in [5.74, 6) is -0.765. The Morgan fingerprint density at radius 1 is 1.44 bits per heavy atom. The maximum absolute atomic E-state index is 11.7. The maximum atomic E-state index is 11.7. The average Bonchev–Trinajstić information content (AvgIpc) is 2.25. The predicted octanol–water partition coefficient (Wildman–Crippen LogP) is 3.07. The zero-order chi connectivity index (χ0) is 13.6. The lowest BCUT2D eigenvalue weighted by Gasteiger charge is -2.06. The van der Waals surface area contributed by atoms with Crippen molar-refractivity contribution in [3.63, 3.8) is 0 Å². The van der Waals surface area contributed by atoms with E-state index in [4.69, 9.17) is 0 Å². The number of halogens is 4. The lowest BCUT2D eigenvalue weighted by molar-refractivity contribution is -0.190. The highest BCUT2D eigenvalue weighted by Crippen LogP contribution is 2.14. The number of benzene rings is 1. The number of hydroxylamine groups is 1. The number of alkyl halides is 3. The van der Waals surface area contributed by atoms with Gasteiger partial charge >= 0.3 is 6.18 Å². The molecule has 0 fully saturated rings. The molecule has 0 unspecified atom stereocenters. The van der Waals surface area contributed by atoms with Crippen LogP contribution in [-0.2, 0) is 9.63 Å². The highest BCUT2D eigenvalue weighted by Gasteiger charge is 2.28. The third kappa shape index (κ3) is 6.41. The van der Waals surface area contributed by atoms with Gasteiger partial charge in [0.15, 0.2) is 6.61 Å². The van der Waals surface area contributed by atoms with E-state index in [1.807, 2.05) is 6.07 Å². The second-order valence-electron chi connectivity index (χ2n) is 3.26. The molecular weight excluding hydrogens is 315 g/mol. The third-order valence-corrected chi connectivity index (χ3v) is 2.18. The van der Waals surface area contributed by atoms with Crippen LogP contribution in [0.25, 0.3) is 6.08 Å². The molecule has 0 aromatic heterocycles. The van der Waals surface area contributed by atoms with Crippen molar-refractivity contribution >= 4 is 27.9 Å². The molecule has 3 nitrogen and oxygen atoms in total. The van der Waals surface area contributed by atoms with Gasteiger partial charge in [-0.05, 0) is 23.8 Å². The van der Waals surface area contributed by atoms with Crippen molar-refractivity contribution in [1.29, 1.82) is 0 Å². The molecule has 0 aliphatic heterocycles. The Labute approximate surface area is 110 Å². The van der Waals surface area contributed by atoms with Gasteiger partial charge in [0.2, 0.25) is 0 Å². The highest BCUT2D eigenvalue weighted by atomic mass is 79.9. The Bertz CT molecular complexity index is 446. The molecule has 0 aliphatic rings. The van der Waals surface area contributed by atoms with Crippen LogP contribution in [0, 0.1) is 0 Å². The first kappa shape index (κ1) is 14.7. The van der Waals surface area contributed by atoms with Crippen molar-refractivity contribution in [2.75, 3.05) is 6.61 Å². The Morgan fingerprint density at radius 3 is 2.78 bits per heavy atom. The van der Waals surface area contributed by atoms with E-state index in [0.717, 1.165) is 16.1 Å². The van der Waals surface area contributed by atoms with Gasteiger partial charge in [-0.15, -0.1) is 0 Å². The monoisotopic (exact) mass is 323 g/mol. The summed E-state index contributed by atoms with van der Waals surface area (Å²) >= 11 is 3.25. The van der Waals surface area contributed by atoms with E-state index in [0.29, 0.717) is 0 Å². The number of carbonyl (C=O) groups excluding carboxylic acids is 1. The molecule has 7 heteroatoms. The lowest BCUT2D eigenvalue weighted by Crippen LogP contribution is -2.28. The molecule has 1 N–H and O–H groups in total. The first-order valence-electron chi connectivity index (χ1n) is 4.79. The van der Waals surface area contributed by atoms with Gasteiger partial charge in [-0.2, -0.15) is 13.2 Å². The molecule has 98 valence electrons. The second-order valence-corrected chi connectivity index (χ2v) is 4.17. The number of rotatable bonds is 4. The number of amides is 1. The van der Waals surface area contributed by atoms with Gasteiger partial charge in [-0.1, -0.05) is 28.1 Å². The smallest absolute Gasteiger partial charge is 0.268 e. The van der Waals surface area contributed by atoms with Crippen LogP contribution in [0.3, 0.4) is 0 Å². The molecule has 0 atom stereocenters. The maximum Gasteiger partial charge on any atom is 0.414 e. The molecule has 1 amide bonds. The molecule has 0 radical (unpaired) electrons. The van der Waals surface area contributed by atoms with Gasteiger partial charge in [-0.25, -0.2) is 5.48 Å². The number of nitrogens with one attached hydrogen (secondary N) is 1. The summed E-state index contributed by atoms with van der Waals surface area (Å²) in [6, 6.07) is 7.07. The van der Waals surface area contributed by atoms with Crippen LogP contribution in [0.1, 0.15) is 5.56 Å². The minimum atomic E-state index is -4.47. The van der Waals surface area contributed by atoms with Crippen LogP contribution in [0.5, 0.6) is 0 Å². The summed E-state index contributed by atoms with van der Waals surface area (Å²) in [5.41, 5.74) is 2.40. The van der Waals surface area contributed by atoms with Crippen LogP contribution < -0.4 is 5.48 Å². The van der Waals surface area contributed by atoms with Gasteiger partial charge in [0.05, 0.1) is 0 Å². The van der Waals surface area contributed by atoms with Crippen molar-refractivity contribution < 1.29 is 22.8 Å². The van der Waals surface area contributed by atoms with Crippen LogP contribution in [0.15, 0.2) is 34.8 Å². The topological polar surface area (TPSA) is 38.3 Å². The molecule has 0 saturated carbocycles. The summed E-state index contributed by atoms with van der Waals surface area (Å²) in [7, 11) is 0. The van der Waals surface area contributed by atoms with E-state index in [9.17, 15) is 18.0 Å². The quantitative estimate of drug-likeness (QED) is 0.683. The second kappa shape index (κ2) is 6.55. The Kier molecular flexibility index (Phi) is 5.36. The van der Waals surface area contributed by atoms with Crippen molar-refractivity contribution in [2.24, 2.45) is 0 Å². The van der Waals surface area contributed by atoms with Crippen LogP contribution >= 0.6 is 15.9 Å². The predicted molar refractivity (Wildman–Crippen MR) is 63.3 cm³/mol. The molecule has 0 bridgehead atoms. The lowest BCUT2D eigenvalue weighted by atomic mass is 10.2. The zero-order valence-electron chi connectivity index (χ0n) is 9.00. The van der Waals surface area contributed by atoms with Gasteiger partial charge in [0, 0.05) is 10.5 Å². The van der Waals surface area contributed by atoms with Crippen LogP contribution in [0.4, 0.5) is 13.2 Å². The molecule has 0 spiro atoms. The van der Waals surface area contributed by atoms with E-state index >= 15 is 0 Å². The summed E-state index contributed by atoms with van der Waals surface area (Å²) in [6.45, 7) is -1.52. The van der Waals surface area contributed by atoms with E-state index in [-0.39, 0.29) is 0 Å². The summed E-state index contributed by atoms with van der Waals surface area (Å²) in [5, 5.41) is 0. The van der Waals surface area contributed by atoms with Gasteiger partial charge in [0.25, 0.3) is 5.91 Å². The molecule has 1 aromatic rings. The van der Waals surface area contributed by atoms with E-state index in [1.165, 1.54) is 6.08 Å². The van der Waals surface area contributed by atoms with Crippen molar-refractivity contribution in [2.45, 2.75) is 6.18 Å². The van der Waals surface area contributed by atoms with Crippen LogP contribution in [0.2, 0.25) is 0 Å². The fourth-order valence-corrected chi connectivity index (χ4v) is 1.42.